The molecule has 20 heavy (non-hydrogen) atoms. The molecule has 1 heterocycles. The molecule has 0 bridgehead atoms. The van der Waals surface area contributed by atoms with E-state index in [1.54, 1.807) is 6.92 Å². The third-order valence-electron chi connectivity index (χ3n) is 2.64. The maximum Gasteiger partial charge on any atom is 0.288 e. The van der Waals surface area contributed by atoms with E-state index in [1.807, 2.05) is 19.2 Å². The Morgan fingerprint density at radius 2 is 2.10 bits per heavy atom. The van der Waals surface area contributed by atoms with Crippen LogP contribution in [-0.4, -0.2) is 29.3 Å². The predicted molar refractivity (Wildman–Crippen MR) is 71.0 cm³/mol. The Kier molecular flexibility index (Phi) is 5.89. The van der Waals surface area contributed by atoms with E-state index in [1.165, 1.54) is 6.20 Å². The highest BCUT2D eigenvalue weighted by molar-refractivity contribution is 5.91. The first kappa shape index (κ1) is 15.9. The molecule has 0 fully saturated rings. The van der Waals surface area contributed by atoms with Crippen molar-refractivity contribution in [3.05, 3.63) is 17.8 Å². The highest BCUT2D eigenvalue weighted by atomic mass is 16.4. The zero-order valence-corrected chi connectivity index (χ0v) is 11.8. The Morgan fingerprint density at radius 1 is 1.40 bits per heavy atom. The van der Waals surface area contributed by atoms with Crippen LogP contribution in [0.25, 0.3) is 0 Å². The Labute approximate surface area is 117 Å². The number of carbonyl (C=O) groups is 3. The molecule has 1 atom stereocenters. The summed E-state index contributed by atoms with van der Waals surface area (Å²) in [7, 11) is 0. The standard InChI is InChI=1S/C13H19N3O4/c1-8(2)13-14-6-10(20-13)12(19)16-9(3)4-5-11(18)15-7-17/h6-9H,4-5H2,1-3H3,(H,16,19)(H,15,17,18). The minimum absolute atomic E-state index is 0.112. The van der Waals surface area contributed by atoms with Gasteiger partial charge < -0.3 is 9.73 Å². The van der Waals surface area contributed by atoms with Gasteiger partial charge in [0.25, 0.3) is 5.91 Å². The number of hydrogen-bond acceptors (Lipinski definition) is 5. The normalized spacial score (nSPS) is 12.0. The van der Waals surface area contributed by atoms with Crippen LogP contribution in [0.1, 0.15) is 56.0 Å². The van der Waals surface area contributed by atoms with Crippen molar-refractivity contribution >= 4 is 18.2 Å². The van der Waals surface area contributed by atoms with Crippen molar-refractivity contribution in [2.24, 2.45) is 0 Å². The van der Waals surface area contributed by atoms with Gasteiger partial charge in [-0.3, -0.25) is 19.7 Å². The Hall–Kier alpha value is -2.18. The van der Waals surface area contributed by atoms with Crippen LogP contribution in [0, 0.1) is 0 Å². The Morgan fingerprint density at radius 3 is 2.65 bits per heavy atom. The second-order valence-electron chi connectivity index (χ2n) is 4.82. The lowest BCUT2D eigenvalue weighted by Gasteiger charge is -2.11. The van der Waals surface area contributed by atoms with Crippen molar-refractivity contribution in [3.63, 3.8) is 0 Å². The number of oxazole rings is 1. The van der Waals surface area contributed by atoms with Crippen molar-refractivity contribution < 1.29 is 18.8 Å². The van der Waals surface area contributed by atoms with Gasteiger partial charge in [0.15, 0.2) is 5.89 Å². The zero-order chi connectivity index (χ0) is 15.1. The fraction of sp³-hybridized carbons (Fsp3) is 0.538. The van der Waals surface area contributed by atoms with Gasteiger partial charge in [0, 0.05) is 18.4 Å². The number of carbonyl (C=O) groups excluding carboxylic acids is 3. The van der Waals surface area contributed by atoms with E-state index in [2.05, 4.69) is 10.3 Å². The van der Waals surface area contributed by atoms with Gasteiger partial charge in [0.2, 0.25) is 18.1 Å². The lowest BCUT2D eigenvalue weighted by molar-refractivity contribution is -0.125. The van der Waals surface area contributed by atoms with Crippen molar-refractivity contribution in [3.8, 4) is 0 Å². The molecular weight excluding hydrogens is 262 g/mol. The van der Waals surface area contributed by atoms with Crippen LogP contribution < -0.4 is 10.6 Å². The van der Waals surface area contributed by atoms with E-state index in [0.29, 0.717) is 18.7 Å². The van der Waals surface area contributed by atoms with Gasteiger partial charge in [-0.2, -0.15) is 0 Å². The zero-order valence-electron chi connectivity index (χ0n) is 11.8. The molecule has 0 aliphatic rings. The SMILES string of the molecule is CC(CCC(=O)NC=O)NC(=O)c1cnc(C(C)C)o1. The van der Waals surface area contributed by atoms with Gasteiger partial charge in [-0.05, 0) is 13.3 Å². The maximum absolute atomic E-state index is 11.9. The van der Waals surface area contributed by atoms with E-state index in [-0.39, 0.29) is 36.0 Å². The van der Waals surface area contributed by atoms with Gasteiger partial charge in [-0.25, -0.2) is 4.98 Å². The summed E-state index contributed by atoms with van der Waals surface area (Å²) in [5, 5.41) is 4.75. The van der Waals surface area contributed by atoms with Gasteiger partial charge >= 0.3 is 0 Å². The molecule has 0 aliphatic carbocycles. The molecule has 3 amide bonds. The lowest BCUT2D eigenvalue weighted by Crippen LogP contribution is -2.33. The van der Waals surface area contributed by atoms with Gasteiger partial charge in [-0.1, -0.05) is 13.8 Å². The highest BCUT2D eigenvalue weighted by Crippen LogP contribution is 2.14. The minimum Gasteiger partial charge on any atom is -0.435 e. The van der Waals surface area contributed by atoms with E-state index < -0.39 is 0 Å². The highest BCUT2D eigenvalue weighted by Gasteiger charge is 2.16. The summed E-state index contributed by atoms with van der Waals surface area (Å²) in [5.74, 6) is 0.0302. The van der Waals surface area contributed by atoms with Gasteiger partial charge in [-0.15, -0.1) is 0 Å². The van der Waals surface area contributed by atoms with Crippen LogP contribution >= 0.6 is 0 Å². The number of amides is 3. The molecule has 1 aromatic rings. The average Bonchev–Trinajstić information content (AvgIpc) is 2.86. The smallest absolute Gasteiger partial charge is 0.288 e. The topological polar surface area (TPSA) is 101 Å². The Balaban J connectivity index is 2.44. The third-order valence-corrected chi connectivity index (χ3v) is 2.64. The molecule has 0 aromatic carbocycles. The molecule has 0 saturated heterocycles. The number of aromatic nitrogens is 1. The van der Waals surface area contributed by atoms with Crippen LogP contribution in [0.5, 0.6) is 0 Å². The molecule has 7 heteroatoms. The summed E-state index contributed by atoms with van der Waals surface area (Å²) in [4.78, 5) is 37.0. The van der Waals surface area contributed by atoms with Gasteiger partial charge in [0.1, 0.15) is 0 Å². The van der Waals surface area contributed by atoms with Crippen molar-refractivity contribution in [1.29, 1.82) is 0 Å². The summed E-state index contributed by atoms with van der Waals surface area (Å²) in [6.07, 6.45) is 2.31. The van der Waals surface area contributed by atoms with Crippen LogP contribution in [0.2, 0.25) is 0 Å². The summed E-state index contributed by atoms with van der Waals surface area (Å²) >= 11 is 0. The molecule has 0 spiro atoms. The molecule has 2 N–H and O–H groups in total. The molecular formula is C13H19N3O4. The van der Waals surface area contributed by atoms with Crippen molar-refractivity contribution in [1.82, 2.24) is 15.6 Å². The first-order valence-electron chi connectivity index (χ1n) is 6.43. The number of nitrogens with zero attached hydrogens (tertiary/aromatic N) is 1. The lowest BCUT2D eigenvalue weighted by atomic mass is 10.1. The third kappa shape index (κ3) is 4.83. The van der Waals surface area contributed by atoms with E-state index >= 15 is 0 Å². The largest absolute Gasteiger partial charge is 0.435 e. The fourth-order valence-electron chi connectivity index (χ4n) is 1.51. The number of hydrogen-bond donors (Lipinski definition) is 2. The first-order valence-corrected chi connectivity index (χ1v) is 6.43. The Bertz CT molecular complexity index is 482. The minimum atomic E-state index is -0.372. The quantitative estimate of drug-likeness (QED) is 0.725. The summed E-state index contributed by atoms with van der Waals surface area (Å²) in [5.41, 5.74) is 0. The molecule has 1 aromatic heterocycles. The molecule has 1 rings (SSSR count). The summed E-state index contributed by atoms with van der Waals surface area (Å²) < 4.78 is 5.32. The van der Waals surface area contributed by atoms with Crippen LogP contribution in [0.4, 0.5) is 0 Å². The second kappa shape index (κ2) is 7.42. The van der Waals surface area contributed by atoms with E-state index in [0.717, 1.165) is 0 Å². The maximum atomic E-state index is 11.9. The molecule has 0 saturated carbocycles. The summed E-state index contributed by atoms with van der Waals surface area (Å²) in [6, 6.07) is -0.215. The monoisotopic (exact) mass is 281 g/mol. The second-order valence-corrected chi connectivity index (χ2v) is 4.82. The van der Waals surface area contributed by atoms with Crippen molar-refractivity contribution in [2.75, 3.05) is 0 Å². The molecule has 0 aliphatic heterocycles. The van der Waals surface area contributed by atoms with Crippen molar-refractivity contribution in [2.45, 2.75) is 45.6 Å². The number of rotatable bonds is 7. The molecule has 0 radical (unpaired) electrons. The number of imide groups is 1. The first-order chi connectivity index (χ1) is 9.43. The van der Waals surface area contributed by atoms with E-state index in [4.69, 9.17) is 4.42 Å². The number of nitrogens with one attached hydrogen (secondary N) is 2. The summed E-state index contributed by atoms with van der Waals surface area (Å²) in [6.45, 7) is 5.61. The predicted octanol–water partition coefficient (Wildman–Crippen LogP) is 0.969. The van der Waals surface area contributed by atoms with E-state index in [9.17, 15) is 14.4 Å². The van der Waals surface area contributed by atoms with Crippen LogP contribution in [-0.2, 0) is 9.59 Å². The molecule has 1 unspecified atom stereocenters. The van der Waals surface area contributed by atoms with Crippen LogP contribution in [0.15, 0.2) is 10.6 Å². The molecule has 110 valence electrons. The average molecular weight is 281 g/mol. The van der Waals surface area contributed by atoms with Gasteiger partial charge in [0.05, 0.1) is 6.20 Å². The van der Waals surface area contributed by atoms with Crippen LogP contribution in [0.3, 0.4) is 0 Å². The fourth-order valence-corrected chi connectivity index (χ4v) is 1.51. The molecule has 7 nitrogen and oxygen atoms in total.